The van der Waals surface area contributed by atoms with Gasteiger partial charge in [-0.05, 0) is 24.6 Å². The molecule has 0 atom stereocenters. The smallest absolute Gasteiger partial charge is 0.323 e. The Bertz CT molecular complexity index is 706. The molecule has 7 heteroatoms. The minimum absolute atomic E-state index is 0.117. The third-order valence-electron chi connectivity index (χ3n) is 2.97. The molecule has 2 amide bonds. The van der Waals surface area contributed by atoms with Crippen molar-refractivity contribution in [2.75, 3.05) is 11.9 Å². The molecular formula is C14H15N3O4. The Hall–Kier alpha value is -2.83. The quantitative estimate of drug-likeness (QED) is 0.638. The zero-order valence-electron chi connectivity index (χ0n) is 11.5. The number of amides is 2. The molecule has 0 bridgehead atoms. The Morgan fingerprint density at radius 3 is 2.81 bits per heavy atom. The number of hydrogen-bond donors (Lipinski definition) is 2. The zero-order valence-corrected chi connectivity index (χ0v) is 11.5. The van der Waals surface area contributed by atoms with E-state index >= 15 is 0 Å². The number of rotatable bonds is 5. The van der Waals surface area contributed by atoms with E-state index in [2.05, 4.69) is 5.32 Å². The Morgan fingerprint density at radius 1 is 1.43 bits per heavy atom. The van der Waals surface area contributed by atoms with Crippen molar-refractivity contribution in [1.29, 1.82) is 0 Å². The lowest BCUT2D eigenvalue weighted by Crippen LogP contribution is -2.18. The normalized spacial score (nSPS) is 10.3. The fraction of sp³-hybridized carbons (Fsp3) is 0.214. The second-order valence-electron chi connectivity index (χ2n) is 4.35. The summed E-state index contributed by atoms with van der Waals surface area (Å²) in [5, 5.41) is 3.13. The van der Waals surface area contributed by atoms with Crippen LogP contribution in [0.4, 0.5) is 10.5 Å². The van der Waals surface area contributed by atoms with Gasteiger partial charge in [-0.3, -0.25) is 14.2 Å². The van der Waals surface area contributed by atoms with Crippen molar-refractivity contribution in [3.05, 3.63) is 30.0 Å². The highest BCUT2D eigenvalue weighted by molar-refractivity contribution is 6.02. The highest BCUT2D eigenvalue weighted by Crippen LogP contribution is 2.27. The van der Waals surface area contributed by atoms with Crippen LogP contribution in [-0.4, -0.2) is 29.6 Å². The minimum Gasteiger partial charge on any atom is -0.466 e. The van der Waals surface area contributed by atoms with Gasteiger partial charge in [0, 0.05) is 11.6 Å². The van der Waals surface area contributed by atoms with Gasteiger partial charge in [-0.2, -0.15) is 0 Å². The lowest BCUT2D eigenvalue weighted by molar-refractivity contribution is -0.142. The largest absolute Gasteiger partial charge is 0.466 e. The molecule has 0 aliphatic heterocycles. The highest BCUT2D eigenvalue weighted by atomic mass is 16.5. The van der Waals surface area contributed by atoms with Crippen molar-refractivity contribution in [1.82, 2.24) is 4.57 Å². The Morgan fingerprint density at radius 2 is 2.19 bits per heavy atom. The van der Waals surface area contributed by atoms with Crippen LogP contribution in [-0.2, 0) is 20.7 Å². The first-order chi connectivity index (χ1) is 10.1. The van der Waals surface area contributed by atoms with Crippen LogP contribution in [0.3, 0.4) is 0 Å². The summed E-state index contributed by atoms with van der Waals surface area (Å²) in [5.74, 6) is -0.337. The average Bonchev–Trinajstić information content (AvgIpc) is 2.78. The van der Waals surface area contributed by atoms with Gasteiger partial charge in [-0.25, -0.2) is 4.79 Å². The van der Waals surface area contributed by atoms with Gasteiger partial charge in [0.05, 0.1) is 24.2 Å². The molecule has 0 spiro atoms. The van der Waals surface area contributed by atoms with E-state index in [1.807, 2.05) is 0 Å². The monoisotopic (exact) mass is 289 g/mol. The van der Waals surface area contributed by atoms with E-state index in [1.54, 1.807) is 25.1 Å². The number of nitrogens with one attached hydrogen (secondary N) is 1. The van der Waals surface area contributed by atoms with Crippen LogP contribution in [0.25, 0.3) is 10.9 Å². The second-order valence-corrected chi connectivity index (χ2v) is 4.35. The predicted octanol–water partition coefficient (Wildman–Crippen LogP) is 1.24. The van der Waals surface area contributed by atoms with Crippen LogP contribution in [0.2, 0.25) is 0 Å². The van der Waals surface area contributed by atoms with Crippen LogP contribution in [0.15, 0.2) is 24.4 Å². The van der Waals surface area contributed by atoms with E-state index in [4.69, 9.17) is 10.5 Å². The van der Waals surface area contributed by atoms with Gasteiger partial charge < -0.3 is 15.8 Å². The number of fused-ring (bicyclic) bond motifs is 1. The molecule has 0 aliphatic rings. The molecule has 1 heterocycles. The summed E-state index contributed by atoms with van der Waals surface area (Å²) in [5.41, 5.74) is 7.00. The van der Waals surface area contributed by atoms with Gasteiger partial charge in [0.1, 0.15) is 0 Å². The minimum atomic E-state index is -0.655. The van der Waals surface area contributed by atoms with E-state index in [-0.39, 0.29) is 12.4 Å². The van der Waals surface area contributed by atoms with Crippen LogP contribution in [0, 0.1) is 0 Å². The van der Waals surface area contributed by atoms with E-state index < -0.39 is 6.03 Å². The number of primary amides is 1. The number of aromatic nitrogens is 1. The van der Waals surface area contributed by atoms with Crippen molar-refractivity contribution in [3.8, 4) is 0 Å². The summed E-state index contributed by atoms with van der Waals surface area (Å²) in [6.45, 7) is 2.05. The highest BCUT2D eigenvalue weighted by Gasteiger charge is 2.13. The number of esters is 1. The third kappa shape index (κ3) is 3.02. The summed E-state index contributed by atoms with van der Waals surface area (Å²) in [7, 11) is 0. The van der Waals surface area contributed by atoms with Gasteiger partial charge in [0.2, 0.25) is 6.41 Å². The maximum Gasteiger partial charge on any atom is 0.323 e. The zero-order chi connectivity index (χ0) is 15.4. The first-order valence-corrected chi connectivity index (χ1v) is 6.36. The number of ether oxygens (including phenoxy) is 1. The summed E-state index contributed by atoms with van der Waals surface area (Å²) in [4.78, 5) is 33.5. The van der Waals surface area contributed by atoms with Crippen LogP contribution >= 0.6 is 0 Å². The topological polar surface area (TPSA) is 103 Å². The lowest BCUT2D eigenvalue weighted by Gasteiger charge is -2.04. The van der Waals surface area contributed by atoms with E-state index in [9.17, 15) is 14.4 Å². The first kappa shape index (κ1) is 14.6. The number of anilines is 1. The van der Waals surface area contributed by atoms with Gasteiger partial charge in [0.15, 0.2) is 0 Å². The average molecular weight is 289 g/mol. The van der Waals surface area contributed by atoms with Gasteiger partial charge in [-0.15, -0.1) is 0 Å². The maximum atomic E-state index is 11.5. The standard InChI is InChI=1S/C14H15N3O4/c1-2-21-13(19)6-9-3-4-12-10(5-9)11(16-8-18)7-17(12)14(15)20/h3-5,7-8H,2,6H2,1H3,(H2,15,20)(H,16,18). The van der Waals surface area contributed by atoms with E-state index in [0.717, 1.165) is 5.56 Å². The maximum absolute atomic E-state index is 11.5. The van der Waals surface area contributed by atoms with Crippen molar-refractivity contribution >= 4 is 35.0 Å². The van der Waals surface area contributed by atoms with Crippen molar-refractivity contribution in [2.45, 2.75) is 13.3 Å². The Balaban J connectivity index is 2.45. The fourth-order valence-corrected chi connectivity index (χ4v) is 2.13. The lowest BCUT2D eigenvalue weighted by atomic mass is 10.1. The number of nitrogens with zero attached hydrogens (tertiary/aromatic N) is 1. The molecule has 0 saturated heterocycles. The molecule has 110 valence electrons. The Labute approximate surface area is 120 Å². The summed E-state index contributed by atoms with van der Waals surface area (Å²) >= 11 is 0. The van der Waals surface area contributed by atoms with Gasteiger partial charge in [-0.1, -0.05) is 6.07 Å². The van der Waals surface area contributed by atoms with Gasteiger partial charge >= 0.3 is 12.0 Å². The summed E-state index contributed by atoms with van der Waals surface area (Å²) in [6, 6.07) is 4.45. The van der Waals surface area contributed by atoms with Gasteiger partial charge in [0.25, 0.3) is 0 Å². The second kappa shape index (κ2) is 6.08. The molecule has 0 radical (unpaired) electrons. The van der Waals surface area contributed by atoms with Crippen molar-refractivity contribution in [3.63, 3.8) is 0 Å². The molecule has 0 aliphatic carbocycles. The van der Waals surface area contributed by atoms with Crippen molar-refractivity contribution < 1.29 is 19.1 Å². The SMILES string of the molecule is CCOC(=O)Cc1ccc2c(c1)c(NC=O)cn2C(N)=O. The number of hydrogen-bond acceptors (Lipinski definition) is 4. The van der Waals surface area contributed by atoms with E-state index in [1.165, 1.54) is 10.8 Å². The molecule has 0 saturated carbocycles. The molecule has 7 nitrogen and oxygen atoms in total. The van der Waals surface area contributed by atoms with Crippen LogP contribution in [0.1, 0.15) is 12.5 Å². The molecule has 2 aromatic rings. The number of nitrogens with two attached hydrogens (primary N) is 1. The fourth-order valence-electron chi connectivity index (χ4n) is 2.13. The first-order valence-electron chi connectivity index (χ1n) is 6.36. The van der Waals surface area contributed by atoms with E-state index in [0.29, 0.717) is 29.6 Å². The summed E-state index contributed by atoms with van der Waals surface area (Å²) in [6.07, 6.45) is 2.07. The van der Waals surface area contributed by atoms with Crippen molar-refractivity contribution in [2.24, 2.45) is 5.73 Å². The number of benzene rings is 1. The molecular weight excluding hydrogens is 274 g/mol. The Kier molecular flexibility index (Phi) is 4.22. The molecule has 0 fully saturated rings. The number of carbonyl (C=O) groups is 3. The molecule has 2 rings (SSSR count). The molecule has 3 N–H and O–H groups in total. The summed E-state index contributed by atoms with van der Waals surface area (Å²) < 4.78 is 6.12. The molecule has 0 unspecified atom stereocenters. The third-order valence-corrected chi connectivity index (χ3v) is 2.97. The number of carbonyl (C=O) groups excluding carboxylic acids is 3. The predicted molar refractivity (Wildman–Crippen MR) is 76.9 cm³/mol. The molecule has 1 aromatic carbocycles. The van der Waals surface area contributed by atoms with Crippen LogP contribution < -0.4 is 11.1 Å². The molecule has 1 aromatic heterocycles. The molecule has 21 heavy (non-hydrogen) atoms. The van der Waals surface area contributed by atoms with Crippen LogP contribution in [0.5, 0.6) is 0 Å².